The zero-order chi connectivity index (χ0) is 14.8. The van der Waals surface area contributed by atoms with Gasteiger partial charge in [-0.3, -0.25) is 9.59 Å². The number of thiophene rings is 1. The Balaban J connectivity index is 2.07. The second-order valence-corrected chi connectivity index (χ2v) is 6.39. The average molecular weight is 297 g/mol. The van der Waals surface area contributed by atoms with Crippen molar-refractivity contribution in [1.29, 1.82) is 0 Å². The van der Waals surface area contributed by atoms with Crippen LogP contribution in [0.5, 0.6) is 0 Å². The van der Waals surface area contributed by atoms with Crippen LogP contribution in [0.25, 0.3) is 0 Å². The number of carboxylic acid groups (broad SMARTS) is 1. The van der Waals surface area contributed by atoms with Crippen LogP contribution in [0.4, 0.5) is 0 Å². The average Bonchev–Trinajstić information content (AvgIpc) is 2.92. The summed E-state index contributed by atoms with van der Waals surface area (Å²) < 4.78 is 5.40. The molecule has 1 atom stereocenters. The normalized spacial score (nSPS) is 19.9. The highest BCUT2D eigenvalue weighted by atomic mass is 32.1. The van der Waals surface area contributed by atoms with Crippen molar-refractivity contribution < 1.29 is 19.4 Å². The highest BCUT2D eigenvalue weighted by Crippen LogP contribution is 2.30. The molecule has 1 amide bonds. The van der Waals surface area contributed by atoms with Crippen LogP contribution in [0, 0.1) is 0 Å². The molecule has 0 radical (unpaired) electrons. The monoisotopic (exact) mass is 297 g/mol. The van der Waals surface area contributed by atoms with Gasteiger partial charge in [0.2, 0.25) is 5.91 Å². The highest BCUT2D eigenvalue weighted by Gasteiger charge is 2.37. The lowest BCUT2D eigenvalue weighted by Gasteiger charge is -2.37. The number of nitrogens with zero attached hydrogens (tertiary/aromatic N) is 1. The number of aliphatic carboxylic acids is 1. The summed E-state index contributed by atoms with van der Waals surface area (Å²) in [4.78, 5) is 26.2. The third-order valence-electron chi connectivity index (χ3n) is 3.50. The van der Waals surface area contributed by atoms with Crippen molar-refractivity contribution in [2.75, 3.05) is 19.7 Å². The smallest absolute Gasteiger partial charge is 0.306 e. The number of amides is 1. The second-order valence-electron chi connectivity index (χ2n) is 5.44. The molecule has 1 aliphatic rings. The lowest BCUT2D eigenvalue weighted by molar-refractivity contribution is -0.150. The number of carbonyl (C=O) groups is 2. The fourth-order valence-electron chi connectivity index (χ4n) is 2.36. The Hall–Kier alpha value is -1.40. The minimum absolute atomic E-state index is 0.0265. The molecule has 0 spiro atoms. The predicted molar refractivity (Wildman–Crippen MR) is 75.9 cm³/mol. The molecule has 1 aromatic heterocycles. The Morgan fingerprint density at radius 2 is 2.30 bits per heavy atom. The van der Waals surface area contributed by atoms with Gasteiger partial charge >= 0.3 is 5.97 Å². The van der Waals surface area contributed by atoms with Crippen molar-refractivity contribution in [3.8, 4) is 0 Å². The molecule has 1 saturated heterocycles. The van der Waals surface area contributed by atoms with Crippen molar-refractivity contribution in [2.24, 2.45) is 0 Å². The van der Waals surface area contributed by atoms with Crippen molar-refractivity contribution >= 4 is 23.2 Å². The van der Waals surface area contributed by atoms with Gasteiger partial charge in [-0.1, -0.05) is 6.07 Å². The van der Waals surface area contributed by atoms with Crippen LogP contribution in [0.1, 0.15) is 25.1 Å². The predicted octanol–water partition coefficient (Wildman–Crippen LogP) is 1.73. The van der Waals surface area contributed by atoms with Crippen LogP contribution < -0.4 is 0 Å². The molecule has 5 nitrogen and oxygen atoms in total. The first kappa shape index (κ1) is 15.0. The largest absolute Gasteiger partial charge is 0.481 e. The minimum atomic E-state index is -0.901. The maximum absolute atomic E-state index is 12.7. The molecule has 0 aliphatic carbocycles. The molecule has 2 heterocycles. The quantitative estimate of drug-likeness (QED) is 0.919. The van der Waals surface area contributed by atoms with E-state index in [1.54, 1.807) is 16.2 Å². The fourth-order valence-corrected chi connectivity index (χ4v) is 3.20. The molecule has 2 rings (SSSR count). The molecule has 6 heteroatoms. The third kappa shape index (κ3) is 3.19. The molecule has 1 aromatic rings. The van der Waals surface area contributed by atoms with E-state index in [4.69, 9.17) is 9.84 Å². The number of ether oxygens (including phenoxy) is 1. The van der Waals surface area contributed by atoms with E-state index in [2.05, 4.69) is 0 Å². The van der Waals surface area contributed by atoms with Gasteiger partial charge in [-0.25, -0.2) is 0 Å². The first-order valence-electron chi connectivity index (χ1n) is 6.58. The van der Waals surface area contributed by atoms with E-state index in [0.717, 1.165) is 4.88 Å². The molecule has 110 valence electrons. The summed E-state index contributed by atoms with van der Waals surface area (Å²) >= 11 is 1.56. The Kier molecular flexibility index (Phi) is 4.45. The van der Waals surface area contributed by atoms with Gasteiger partial charge in [-0.2, -0.15) is 0 Å². The van der Waals surface area contributed by atoms with Crippen LogP contribution >= 0.6 is 11.3 Å². The van der Waals surface area contributed by atoms with E-state index < -0.39 is 17.5 Å². The summed E-state index contributed by atoms with van der Waals surface area (Å²) in [6, 6.07) is 3.89. The molecule has 0 saturated carbocycles. The van der Waals surface area contributed by atoms with Gasteiger partial charge in [0.1, 0.15) is 0 Å². The Bertz CT molecular complexity index is 483. The Morgan fingerprint density at radius 1 is 1.55 bits per heavy atom. The molecule has 1 aliphatic heterocycles. The van der Waals surface area contributed by atoms with Crippen LogP contribution in [0.15, 0.2) is 17.5 Å². The molecule has 0 aromatic carbocycles. The van der Waals surface area contributed by atoms with E-state index in [-0.39, 0.29) is 12.3 Å². The summed E-state index contributed by atoms with van der Waals surface area (Å²) in [7, 11) is 0. The van der Waals surface area contributed by atoms with Crippen LogP contribution in [0.3, 0.4) is 0 Å². The molecule has 1 N–H and O–H groups in total. The van der Waals surface area contributed by atoms with Crippen molar-refractivity contribution in [3.05, 3.63) is 22.4 Å². The summed E-state index contributed by atoms with van der Waals surface area (Å²) in [5, 5.41) is 10.8. The zero-order valence-electron chi connectivity index (χ0n) is 11.7. The van der Waals surface area contributed by atoms with Gasteiger partial charge in [-0.05, 0) is 25.3 Å². The van der Waals surface area contributed by atoms with Gasteiger partial charge in [0.15, 0.2) is 0 Å². The van der Waals surface area contributed by atoms with Crippen LogP contribution in [-0.2, 0) is 19.7 Å². The van der Waals surface area contributed by atoms with Crippen molar-refractivity contribution in [3.63, 3.8) is 0 Å². The number of hydrogen-bond acceptors (Lipinski definition) is 4. The van der Waals surface area contributed by atoms with Gasteiger partial charge < -0.3 is 14.7 Å². The van der Waals surface area contributed by atoms with E-state index in [9.17, 15) is 9.59 Å². The fraction of sp³-hybridized carbons (Fsp3) is 0.571. The summed E-state index contributed by atoms with van der Waals surface area (Å²) in [5.74, 6) is -0.875. The van der Waals surface area contributed by atoms with E-state index in [1.165, 1.54) is 0 Å². The molecular weight excluding hydrogens is 278 g/mol. The lowest BCUT2D eigenvalue weighted by atomic mass is 9.89. The van der Waals surface area contributed by atoms with Gasteiger partial charge in [0.05, 0.1) is 24.5 Å². The second kappa shape index (κ2) is 5.93. The lowest BCUT2D eigenvalue weighted by Crippen LogP contribution is -2.51. The number of hydrogen-bond donors (Lipinski definition) is 1. The van der Waals surface area contributed by atoms with Gasteiger partial charge in [0.25, 0.3) is 0 Å². The Morgan fingerprint density at radius 3 is 2.90 bits per heavy atom. The molecule has 20 heavy (non-hydrogen) atoms. The molecule has 0 bridgehead atoms. The summed E-state index contributed by atoms with van der Waals surface area (Å²) in [6.07, 6.45) is -0.479. The van der Waals surface area contributed by atoms with Gasteiger partial charge in [-0.15, -0.1) is 11.3 Å². The number of morpholine rings is 1. The SMILES string of the molecule is CC(C)(C(=O)N1CCO[C@H](CC(=O)O)C1)c1cccs1. The van der Waals surface area contributed by atoms with Gasteiger partial charge in [0, 0.05) is 18.0 Å². The highest BCUT2D eigenvalue weighted by molar-refractivity contribution is 7.10. The number of rotatable bonds is 4. The maximum atomic E-state index is 12.7. The number of carbonyl (C=O) groups excluding carboxylic acids is 1. The van der Waals surface area contributed by atoms with Crippen molar-refractivity contribution in [2.45, 2.75) is 31.8 Å². The standard InChI is InChI=1S/C14H19NO4S/c1-14(2,11-4-3-7-20-11)13(18)15-5-6-19-10(9-15)8-12(16)17/h3-4,7,10H,5-6,8-9H2,1-2H3,(H,16,17)/t10-/m1/s1. The first-order valence-corrected chi connectivity index (χ1v) is 7.46. The van der Waals surface area contributed by atoms with Crippen LogP contribution in [0.2, 0.25) is 0 Å². The number of carboxylic acids is 1. The zero-order valence-corrected chi connectivity index (χ0v) is 12.5. The van der Waals surface area contributed by atoms with E-state index in [1.807, 2.05) is 31.4 Å². The molecule has 1 fully saturated rings. The minimum Gasteiger partial charge on any atom is -0.481 e. The van der Waals surface area contributed by atoms with E-state index in [0.29, 0.717) is 19.7 Å². The summed E-state index contributed by atoms with van der Waals surface area (Å²) in [6.45, 7) is 5.07. The van der Waals surface area contributed by atoms with Crippen LogP contribution in [-0.4, -0.2) is 47.7 Å². The molecular formula is C14H19NO4S. The maximum Gasteiger partial charge on any atom is 0.306 e. The third-order valence-corrected chi connectivity index (χ3v) is 4.69. The van der Waals surface area contributed by atoms with Crippen molar-refractivity contribution in [1.82, 2.24) is 4.90 Å². The first-order chi connectivity index (χ1) is 9.41. The van der Waals surface area contributed by atoms with E-state index >= 15 is 0 Å². The Labute approximate surface area is 122 Å². The summed E-state index contributed by atoms with van der Waals surface area (Å²) in [5.41, 5.74) is -0.584. The topological polar surface area (TPSA) is 66.8 Å². The molecule has 0 unspecified atom stereocenters.